The van der Waals surface area contributed by atoms with Gasteiger partial charge in [-0.15, -0.1) is 0 Å². The quantitative estimate of drug-likeness (QED) is 0.790. The van der Waals surface area contributed by atoms with E-state index in [2.05, 4.69) is 17.5 Å². The summed E-state index contributed by atoms with van der Waals surface area (Å²) in [5, 5.41) is 12.0. The molecule has 0 radical (unpaired) electrons. The molecule has 3 aliphatic rings. The van der Waals surface area contributed by atoms with Crippen LogP contribution in [0.2, 0.25) is 0 Å². The normalized spacial score (nSPS) is 20.7. The van der Waals surface area contributed by atoms with Crippen molar-refractivity contribution in [2.45, 2.75) is 58.2 Å². The van der Waals surface area contributed by atoms with Crippen LogP contribution in [0.15, 0.2) is 18.2 Å². The number of piperidine rings is 1. The van der Waals surface area contributed by atoms with E-state index in [0.29, 0.717) is 0 Å². The molecule has 1 aromatic rings. The highest BCUT2D eigenvalue weighted by molar-refractivity contribution is 5.39. The minimum absolute atomic E-state index is 0.189. The molecule has 1 N–H and O–H groups in total. The van der Waals surface area contributed by atoms with Gasteiger partial charge in [-0.2, -0.15) is 5.26 Å². The highest BCUT2D eigenvalue weighted by Gasteiger charge is 2.37. The van der Waals surface area contributed by atoms with Gasteiger partial charge >= 0.3 is 0 Å². The van der Waals surface area contributed by atoms with Crippen LogP contribution in [-0.2, 0) is 22.3 Å². The van der Waals surface area contributed by atoms with Crippen molar-refractivity contribution >= 4 is 0 Å². The third kappa shape index (κ3) is 5.04. The van der Waals surface area contributed by atoms with Crippen LogP contribution < -0.4 is 5.32 Å². The van der Waals surface area contributed by atoms with Crippen molar-refractivity contribution in [3.63, 3.8) is 0 Å². The van der Waals surface area contributed by atoms with Gasteiger partial charge in [0.15, 0.2) is 5.79 Å². The topological polar surface area (TPSA) is 54.3 Å². The zero-order valence-corrected chi connectivity index (χ0v) is 15.1. The molecule has 1 aromatic carbocycles. The van der Waals surface area contributed by atoms with Gasteiger partial charge in [-0.25, -0.2) is 0 Å². The average Bonchev–Trinajstić information content (AvgIpc) is 3.11. The lowest BCUT2D eigenvalue weighted by atomic mass is 9.91. The predicted octanol–water partition coefficient (Wildman–Crippen LogP) is 3.58. The molecule has 1 aliphatic carbocycles. The lowest BCUT2D eigenvalue weighted by molar-refractivity contribution is -0.172. The fourth-order valence-electron chi connectivity index (χ4n) is 3.40. The lowest BCUT2D eigenvalue weighted by Crippen LogP contribution is -2.42. The smallest absolute Gasteiger partial charge is 0.170 e. The van der Waals surface area contributed by atoms with Crippen LogP contribution in [0.1, 0.15) is 56.2 Å². The van der Waals surface area contributed by atoms with Crippen molar-refractivity contribution < 1.29 is 9.47 Å². The number of fused-ring (bicyclic) bond motifs is 1. The Labute approximate surface area is 146 Å². The van der Waals surface area contributed by atoms with Crippen molar-refractivity contribution in [1.82, 2.24) is 5.32 Å². The summed E-state index contributed by atoms with van der Waals surface area (Å²) in [5.74, 6) is -0.189. The van der Waals surface area contributed by atoms with E-state index in [1.165, 1.54) is 30.4 Å². The van der Waals surface area contributed by atoms with Crippen molar-refractivity contribution in [2.75, 3.05) is 26.3 Å². The number of ether oxygens (including phenoxy) is 2. The number of nitrogens with zero attached hydrogens (tertiary/aromatic N) is 1. The fraction of sp³-hybridized carbons (Fsp3) is 0.650. The molecule has 0 atom stereocenters. The van der Waals surface area contributed by atoms with E-state index < -0.39 is 0 Å². The van der Waals surface area contributed by atoms with Crippen molar-refractivity contribution in [3.8, 4) is 6.07 Å². The highest BCUT2D eigenvalue weighted by Crippen LogP contribution is 2.28. The molecular weight excluding hydrogens is 300 g/mol. The van der Waals surface area contributed by atoms with Gasteiger partial charge in [-0.3, -0.25) is 0 Å². The van der Waals surface area contributed by atoms with E-state index in [9.17, 15) is 0 Å². The molecule has 2 heterocycles. The third-order valence-electron chi connectivity index (χ3n) is 4.66. The summed E-state index contributed by atoms with van der Waals surface area (Å²) in [5.41, 5.74) is 3.64. The second-order valence-corrected chi connectivity index (χ2v) is 6.16. The van der Waals surface area contributed by atoms with E-state index in [0.717, 1.165) is 51.1 Å². The van der Waals surface area contributed by atoms with Gasteiger partial charge in [-0.1, -0.05) is 19.9 Å². The maximum atomic E-state index is 8.69. The third-order valence-corrected chi connectivity index (χ3v) is 4.66. The van der Waals surface area contributed by atoms with Crippen LogP contribution in [0.4, 0.5) is 0 Å². The number of hydrogen-bond donors (Lipinski definition) is 1. The van der Waals surface area contributed by atoms with Gasteiger partial charge in [0.25, 0.3) is 0 Å². The van der Waals surface area contributed by atoms with E-state index >= 15 is 0 Å². The van der Waals surface area contributed by atoms with Crippen molar-refractivity contribution in [2.24, 2.45) is 0 Å². The van der Waals surface area contributed by atoms with Crippen LogP contribution in [0.5, 0.6) is 0 Å². The second-order valence-electron chi connectivity index (χ2n) is 6.16. The Bertz CT molecular complexity index is 537. The molecule has 2 fully saturated rings. The summed E-state index contributed by atoms with van der Waals surface area (Å²) in [6.07, 6.45) is 6.95. The monoisotopic (exact) mass is 330 g/mol. The Morgan fingerprint density at radius 2 is 1.62 bits per heavy atom. The average molecular weight is 330 g/mol. The number of hydrogen-bond acceptors (Lipinski definition) is 4. The maximum Gasteiger partial charge on any atom is 0.170 e. The lowest BCUT2D eigenvalue weighted by Gasteiger charge is -2.31. The first kappa shape index (κ1) is 18.9. The van der Waals surface area contributed by atoms with E-state index in [1.54, 1.807) is 0 Å². The van der Waals surface area contributed by atoms with Gasteiger partial charge in [0.2, 0.25) is 0 Å². The van der Waals surface area contributed by atoms with Crippen LogP contribution in [0.3, 0.4) is 0 Å². The van der Waals surface area contributed by atoms with E-state index in [-0.39, 0.29) is 5.79 Å². The molecule has 4 heteroatoms. The largest absolute Gasteiger partial charge is 0.347 e. The Morgan fingerprint density at radius 1 is 1.00 bits per heavy atom. The van der Waals surface area contributed by atoms with Crippen LogP contribution >= 0.6 is 0 Å². The van der Waals surface area contributed by atoms with Gasteiger partial charge in [0.1, 0.15) is 0 Å². The fourth-order valence-corrected chi connectivity index (χ4v) is 3.40. The van der Waals surface area contributed by atoms with Crippen LogP contribution in [-0.4, -0.2) is 32.1 Å². The number of nitrogens with one attached hydrogen (secondary N) is 1. The minimum Gasteiger partial charge on any atom is -0.347 e. The number of nitriles is 1. The zero-order chi connectivity index (χ0) is 17.3. The van der Waals surface area contributed by atoms with Crippen molar-refractivity contribution in [1.29, 1.82) is 5.26 Å². The van der Waals surface area contributed by atoms with Crippen LogP contribution in [0, 0.1) is 11.3 Å². The standard InChI is InChI=1S/C11H11N.C7H13NO2.C2H6/c12-8-9-5-6-10-3-1-2-4-11(10)7-9;1-3-8-4-2-7(1)9-5-6-10-7;1-2/h5-7H,1-4H2;8H,1-6H2;1-2H3. The minimum atomic E-state index is -0.189. The van der Waals surface area contributed by atoms with E-state index in [4.69, 9.17) is 14.7 Å². The number of rotatable bonds is 0. The molecule has 24 heavy (non-hydrogen) atoms. The molecule has 0 bridgehead atoms. The molecule has 2 aliphatic heterocycles. The summed E-state index contributed by atoms with van der Waals surface area (Å²) in [7, 11) is 0. The summed E-state index contributed by atoms with van der Waals surface area (Å²) >= 11 is 0. The summed E-state index contributed by atoms with van der Waals surface area (Å²) < 4.78 is 11.0. The Kier molecular flexibility index (Phi) is 7.71. The second kappa shape index (κ2) is 9.78. The van der Waals surface area contributed by atoms with E-state index in [1.807, 2.05) is 26.0 Å². The molecule has 0 aromatic heterocycles. The Morgan fingerprint density at radius 3 is 2.25 bits per heavy atom. The number of benzene rings is 1. The first-order valence-electron chi connectivity index (χ1n) is 9.32. The molecule has 0 unspecified atom stereocenters. The summed E-state index contributed by atoms with van der Waals surface area (Å²) in [4.78, 5) is 0. The molecule has 0 saturated carbocycles. The van der Waals surface area contributed by atoms with Gasteiger partial charge in [-0.05, 0) is 48.9 Å². The van der Waals surface area contributed by atoms with Gasteiger partial charge in [0.05, 0.1) is 24.8 Å². The number of aryl methyl sites for hydroxylation is 2. The van der Waals surface area contributed by atoms with Crippen molar-refractivity contribution in [3.05, 3.63) is 34.9 Å². The van der Waals surface area contributed by atoms with Gasteiger partial charge < -0.3 is 14.8 Å². The molecule has 4 nitrogen and oxygen atoms in total. The predicted molar refractivity (Wildman–Crippen MR) is 95.9 cm³/mol. The Balaban J connectivity index is 0.000000160. The molecule has 4 rings (SSSR count). The SMILES string of the molecule is C1CC2(CCN1)OCCO2.CC.N#Cc1ccc2c(c1)CCCC2. The van der Waals surface area contributed by atoms with Gasteiger partial charge in [0, 0.05) is 25.9 Å². The molecule has 2 saturated heterocycles. The summed E-state index contributed by atoms with van der Waals surface area (Å²) in [6.45, 7) is 7.61. The zero-order valence-electron chi connectivity index (χ0n) is 15.1. The molecular formula is C20H30N2O2. The maximum absolute atomic E-state index is 8.69. The molecule has 132 valence electrons. The first-order valence-corrected chi connectivity index (χ1v) is 9.32. The first-order chi connectivity index (χ1) is 11.8. The Hall–Kier alpha value is -1.41. The highest BCUT2D eigenvalue weighted by atomic mass is 16.7. The summed E-state index contributed by atoms with van der Waals surface area (Å²) in [6, 6.07) is 8.24. The molecule has 1 spiro atoms. The van der Waals surface area contributed by atoms with Crippen LogP contribution in [0.25, 0.3) is 0 Å². The molecule has 0 amide bonds.